The van der Waals surface area contributed by atoms with Crippen molar-refractivity contribution in [1.29, 1.82) is 0 Å². The molecular formula is C13H16BrCl2N. The van der Waals surface area contributed by atoms with E-state index in [1.54, 1.807) is 0 Å². The molecule has 0 heterocycles. The summed E-state index contributed by atoms with van der Waals surface area (Å²) in [6, 6.07) is 6.41. The lowest BCUT2D eigenvalue weighted by Gasteiger charge is -2.28. The van der Waals surface area contributed by atoms with E-state index in [1.165, 1.54) is 19.3 Å². The Morgan fingerprint density at radius 3 is 2.76 bits per heavy atom. The van der Waals surface area contributed by atoms with Gasteiger partial charge >= 0.3 is 0 Å². The van der Waals surface area contributed by atoms with Crippen LogP contribution in [0.2, 0.25) is 5.02 Å². The van der Waals surface area contributed by atoms with Gasteiger partial charge in [-0.05, 0) is 30.5 Å². The van der Waals surface area contributed by atoms with E-state index >= 15 is 0 Å². The fourth-order valence-electron chi connectivity index (χ4n) is 2.22. The first-order valence-corrected chi connectivity index (χ1v) is 7.59. The fourth-order valence-corrected chi connectivity index (χ4v) is 3.33. The van der Waals surface area contributed by atoms with Crippen molar-refractivity contribution in [3.8, 4) is 0 Å². The molecule has 1 aliphatic carbocycles. The zero-order valence-electron chi connectivity index (χ0n) is 9.56. The molecule has 17 heavy (non-hydrogen) atoms. The van der Waals surface area contributed by atoms with Crippen LogP contribution in [0.1, 0.15) is 31.2 Å². The maximum atomic E-state index is 6.31. The average Bonchev–Trinajstić information content (AvgIpc) is 2.30. The molecule has 0 bridgehead atoms. The third-order valence-corrected chi connectivity index (χ3v) is 4.62. The van der Waals surface area contributed by atoms with Crippen LogP contribution in [0.4, 0.5) is 0 Å². The van der Waals surface area contributed by atoms with Gasteiger partial charge in [0.15, 0.2) is 0 Å². The van der Waals surface area contributed by atoms with E-state index in [2.05, 4.69) is 21.2 Å². The van der Waals surface area contributed by atoms with Crippen LogP contribution in [0.25, 0.3) is 0 Å². The topological polar surface area (TPSA) is 12.0 Å². The largest absolute Gasteiger partial charge is 0.308 e. The SMILES string of the molecule is Clc1cc(Br)ccc1CNC1CCCCC1Cl. The molecule has 0 saturated heterocycles. The Hall–Kier alpha value is 0.240. The number of nitrogens with one attached hydrogen (secondary N) is 1. The summed E-state index contributed by atoms with van der Waals surface area (Å²) >= 11 is 15.9. The van der Waals surface area contributed by atoms with Gasteiger partial charge in [-0.15, -0.1) is 11.6 Å². The molecule has 1 aliphatic rings. The lowest BCUT2D eigenvalue weighted by molar-refractivity contribution is 0.378. The van der Waals surface area contributed by atoms with Crippen LogP contribution < -0.4 is 5.32 Å². The van der Waals surface area contributed by atoms with Crippen molar-refractivity contribution in [1.82, 2.24) is 5.32 Å². The van der Waals surface area contributed by atoms with Crippen LogP contribution >= 0.6 is 39.1 Å². The Balaban J connectivity index is 1.92. The monoisotopic (exact) mass is 335 g/mol. The minimum Gasteiger partial charge on any atom is -0.308 e. The molecular weight excluding hydrogens is 321 g/mol. The smallest absolute Gasteiger partial charge is 0.0489 e. The summed E-state index contributed by atoms with van der Waals surface area (Å²) in [6.07, 6.45) is 4.82. The van der Waals surface area contributed by atoms with E-state index in [4.69, 9.17) is 23.2 Å². The van der Waals surface area contributed by atoms with E-state index in [9.17, 15) is 0 Å². The van der Waals surface area contributed by atoms with Gasteiger partial charge in [-0.25, -0.2) is 0 Å². The van der Waals surface area contributed by atoms with Crippen molar-refractivity contribution in [2.75, 3.05) is 0 Å². The van der Waals surface area contributed by atoms with Crippen molar-refractivity contribution >= 4 is 39.1 Å². The van der Waals surface area contributed by atoms with Crippen LogP contribution in [0.5, 0.6) is 0 Å². The van der Waals surface area contributed by atoms with Crippen LogP contribution in [0.15, 0.2) is 22.7 Å². The Morgan fingerprint density at radius 1 is 1.29 bits per heavy atom. The molecule has 94 valence electrons. The van der Waals surface area contributed by atoms with Gasteiger partial charge < -0.3 is 5.32 Å². The van der Waals surface area contributed by atoms with Gasteiger partial charge in [-0.2, -0.15) is 0 Å². The summed E-state index contributed by atoms with van der Waals surface area (Å²) in [6.45, 7) is 0.792. The molecule has 0 amide bonds. The summed E-state index contributed by atoms with van der Waals surface area (Å²) in [7, 11) is 0. The minimum atomic E-state index is 0.262. The number of hydrogen-bond donors (Lipinski definition) is 1. The number of alkyl halides is 1. The Kier molecular flexibility index (Phi) is 5.16. The fraction of sp³-hybridized carbons (Fsp3) is 0.538. The molecule has 2 unspecified atom stereocenters. The van der Waals surface area contributed by atoms with Gasteiger partial charge in [0, 0.05) is 27.5 Å². The molecule has 1 aromatic rings. The standard InChI is InChI=1S/C13H16BrCl2N/c14-10-6-5-9(12(16)7-10)8-17-13-4-2-1-3-11(13)15/h5-7,11,13,17H,1-4,8H2. The molecule has 0 spiro atoms. The zero-order valence-corrected chi connectivity index (χ0v) is 12.7. The first-order chi connectivity index (χ1) is 8.16. The summed E-state index contributed by atoms with van der Waals surface area (Å²) in [5.74, 6) is 0. The summed E-state index contributed by atoms with van der Waals surface area (Å²) in [5, 5.41) is 4.58. The molecule has 1 nitrogen and oxygen atoms in total. The van der Waals surface area contributed by atoms with E-state index in [-0.39, 0.29) is 5.38 Å². The number of rotatable bonds is 3. The van der Waals surface area contributed by atoms with Crippen molar-refractivity contribution in [2.24, 2.45) is 0 Å². The van der Waals surface area contributed by atoms with Gasteiger partial charge in [-0.1, -0.05) is 46.4 Å². The van der Waals surface area contributed by atoms with Crippen LogP contribution in [0.3, 0.4) is 0 Å². The Morgan fingerprint density at radius 2 is 2.06 bits per heavy atom. The van der Waals surface area contributed by atoms with Gasteiger partial charge in [0.25, 0.3) is 0 Å². The van der Waals surface area contributed by atoms with Gasteiger partial charge in [0.05, 0.1) is 0 Å². The second-order valence-corrected chi connectivity index (χ2v) is 6.41. The maximum Gasteiger partial charge on any atom is 0.0489 e. The van der Waals surface area contributed by atoms with E-state index in [1.807, 2.05) is 18.2 Å². The van der Waals surface area contributed by atoms with Crippen LogP contribution in [-0.2, 0) is 6.54 Å². The summed E-state index contributed by atoms with van der Waals surface area (Å²) < 4.78 is 1.01. The zero-order chi connectivity index (χ0) is 12.3. The van der Waals surface area contributed by atoms with E-state index in [0.717, 1.165) is 28.0 Å². The first kappa shape index (κ1) is 13.7. The molecule has 1 saturated carbocycles. The van der Waals surface area contributed by atoms with E-state index < -0.39 is 0 Å². The summed E-state index contributed by atoms with van der Waals surface area (Å²) in [5.41, 5.74) is 1.13. The molecule has 2 atom stereocenters. The molecule has 4 heteroatoms. The minimum absolute atomic E-state index is 0.262. The second kappa shape index (κ2) is 6.42. The Labute approximate surface area is 121 Å². The maximum absolute atomic E-state index is 6.31. The number of hydrogen-bond acceptors (Lipinski definition) is 1. The molecule has 1 aromatic carbocycles. The number of benzene rings is 1. The highest BCUT2D eigenvalue weighted by molar-refractivity contribution is 9.10. The van der Waals surface area contributed by atoms with E-state index in [0.29, 0.717) is 6.04 Å². The Bertz CT molecular complexity index is 384. The van der Waals surface area contributed by atoms with Gasteiger partial charge in [0.2, 0.25) is 0 Å². The van der Waals surface area contributed by atoms with Crippen molar-refractivity contribution in [3.05, 3.63) is 33.3 Å². The van der Waals surface area contributed by atoms with Crippen molar-refractivity contribution < 1.29 is 0 Å². The quantitative estimate of drug-likeness (QED) is 0.786. The molecule has 1 N–H and O–H groups in total. The lowest BCUT2D eigenvalue weighted by Crippen LogP contribution is -2.38. The normalized spacial score (nSPS) is 24.9. The summed E-state index contributed by atoms with van der Waals surface area (Å²) in [4.78, 5) is 0. The first-order valence-electron chi connectivity index (χ1n) is 5.98. The number of halogens is 3. The molecule has 0 radical (unpaired) electrons. The highest BCUT2D eigenvalue weighted by atomic mass is 79.9. The second-order valence-electron chi connectivity index (χ2n) is 4.52. The third-order valence-electron chi connectivity index (χ3n) is 3.25. The van der Waals surface area contributed by atoms with Gasteiger partial charge in [-0.3, -0.25) is 0 Å². The molecule has 0 aliphatic heterocycles. The lowest BCUT2D eigenvalue weighted by atomic mass is 9.95. The van der Waals surface area contributed by atoms with Crippen LogP contribution in [-0.4, -0.2) is 11.4 Å². The van der Waals surface area contributed by atoms with Crippen molar-refractivity contribution in [3.63, 3.8) is 0 Å². The highest BCUT2D eigenvalue weighted by Crippen LogP contribution is 2.25. The molecule has 1 fully saturated rings. The molecule has 0 aromatic heterocycles. The van der Waals surface area contributed by atoms with Crippen LogP contribution in [0, 0.1) is 0 Å². The third kappa shape index (κ3) is 3.85. The average molecular weight is 337 g/mol. The molecule has 2 rings (SSSR count). The predicted molar refractivity (Wildman–Crippen MR) is 77.9 cm³/mol. The highest BCUT2D eigenvalue weighted by Gasteiger charge is 2.22. The van der Waals surface area contributed by atoms with Crippen molar-refractivity contribution in [2.45, 2.75) is 43.6 Å². The predicted octanol–water partition coefficient (Wildman–Crippen LogP) is 4.74. The van der Waals surface area contributed by atoms with Gasteiger partial charge in [0.1, 0.15) is 0 Å².